The summed E-state index contributed by atoms with van der Waals surface area (Å²) in [6, 6.07) is 4.68. The van der Waals surface area contributed by atoms with E-state index >= 15 is 0 Å². The van der Waals surface area contributed by atoms with Gasteiger partial charge in [0.15, 0.2) is 0 Å². The molecule has 6 heteroatoms. The predicted octanol–water partition coefficient (Wildman–Crippen LogP) is 4.23. The minimum atomic E-state index is 0. The van der Waals surface area contributed by atoms with Crippen LogP contribution in [0.2, 0.25) is 0 Å². The molecule has 0 radical (unpaired) electrons. The van der Waals surface area contributed by atoms with Crippen molar-refractivity contribution < 1.29 is 9.47 Å². The first kappa shape index (κ1) is 23.8. The maximum atomic E-state index is 6.40. The largest absolute Gasteiger partial charge is 0.490 e. The lowest BCUT2D eigenvalue weighted by Crippen LogP contribution is -2.45. The highest BCUT2D eigenvalue weighted by atomic mass is 35.5. The lowest BCUT2D eigenvalue weighted by molar-refractivity contribution is -0.000188. The van der Waals surface area contributed by atoms with Crippen LogP contribution in [-0.4, -0.2) is 61.8 Å². The molecule has 0 bridgehead atoms. The number of likely N-dealkylation sites (tertiary alicyclic amines) is 1. The number of morpholine rings is 1. The van der Waals surface area contributed by atoms with Crippen molar-refractivity contribution >= 4 is 24.8 Å². The van der Waals surface area contributed by atoms with Crippen LogP contribution in [0.15, 0.2) is 12.1 Å². The van der Waals surface area contributed by atoms with Crippen molar-refractivity contribution in [2.24, 2.45) is 5.92 Å². The van der Waals surface area contributed by atoms with Gasteiger partial charge in [0.25, 0.3) is 0 Å². The standard InChI is InChI=1S/C22H34N2O2.2ClH/c1-17-11-19(15-23-5-3-4-6-23)12-18(2)22(17)26-21-13-20(14-21)16-24-7-9-25-10-8-24;;/h11-12,20-21H,3-10,13-16H2,1-2H3;2*1H. The van der Waals surface area contributed by atoms with Crippen LogP contribution in [-0.2, 0) is 11.3 Å². The van der Waals surface area contributed by atoms with Gasteiger partial charge in [0.05, 0.1) is 19.3 Å². The Kier molecular flexibility index (Phi) is 9.36. The van der Waals surface area contributed by atoms with E-state index in [2.05, 4.69) is 35.8 Å². The van der Waals surface area contributed by atoms with E-state index in [1.54, 1.807) is 0 Å². The smallest absolute Gasteiger partial charge is 0.125 e. The molecule has 3 aliphatic rings. The molecule has 0 unspecified atom stereocenters. The number of rotatable bonds is 6. The van der Waals surface area contributed by atoms with Gasteiger partial charge in [-0.3, -0.25) is 9.80 Å². The number of aryl methyl sites for hydroxylation is 2. The van der Waals surface area contributed by atoms with E-state index in [-0.39, 0.29) is 24.8 Å². The summed E-state index contributed by atoms with van der Waals surface area (Å²) in [6.07, 6.45) is 5.51. The summed E-state index contributed by atoms with van der Waals surface area (Å²) in [4.78, 5) is 5.12. The summed E-state index contributed by atoms with van der Waals surface area (Å²) in [7, 11) is 0. The lowest BCUT2D eigenvalue weighted by Gasteiger charge is -2.40. The van der Waals surface area contributed by atoms with E-state index in [9.17, 15) is 0 Å². The minimum absolute atomic E-state index is 0. The first-order valence-electron chi connectivity index (χ1n) is 10.5. The summed E-state index contributed by atoms with van der Waals surface area (Å²) in [5, 5.41) is 0. The van der Waals surface area contributed by atoms with Crippen molar-refractivity contribution in [1.82, 2.24) is 9.80 Å². The van der Waals surface area contributed by atoms with Gasteiger partial charge in [-0.25, -0.2) is 0 Å². The number of nitrogens with zero attached hydrogens (tertiary/aromatic N) is 2. The highest BCUT2D eigenvalue weighted by Crippen LogP contribution is 2.35. The third kappa shape index (κ3) is 5.99. The van der Waals surface area contributed by atoms with Crippen molar-refractivity contribution in [1.29, 1.82) is 0 Å². The Labute approximate surface area is 182 Å². The molecule has 2 aliphatic heterocycles. The molecule has 0 amide bonds. The highest BCUT2D eigenvalue weighted by Gasteiger charge is 2.33. The molecule has 0 spiro atoms. The summed E-state index contributed by atoms with van der Waals surface area (Å²) in [5.41, 5.74) is 4.04. The van der Waals surface area contributed by atoms with E-state index < -0.39 is 0 Å². The van der Waals surface area contributed by atoms with Gasteiger partial charge in [-0.1, -0.05) is 12.1 Å². The Balaban J connectivity index is 0.00000140. The quantitative estimate of drug-likeness (QED) is 0.673. The van der Waals surface area contributed by atoms with E-state index in [1.807, 2.05) is 0 Å². The summed E-state index contributed by atoms with van der Waals surface area (Å²) in [5.74, 6) is 1.93. The molecule has 4 rings (SSSR count). The van der Waals surface area contributed by atoms with Crippen molar-refractivity contribution in [3.05, 3.63) is 28.8 Å². The Morgan fingerprint density at radius 2 is 1.54 bits per heavy atom. The highest BCUT2D eigenvalue weighted by molar-refractivity contribution is 5.85. The molecule has 0 N–H and O–H groups in total. The van der Waals surface area contributed by atoms with Crippen LogP contribution in [0.4, 0.5) is 0 Å². The zero-order chi connectivity index (χ0) is 17.9. The fraction of sp³-hybridized carbons (Fsp3) is 0.727. The van der Waals surface area contributed by atoms with Crippen molar-refractivity contribution in [2.75, 3.05) is 45.9 Å². The summed E-state index contributed by atoms with van der Waals surface area (Å²) < 4.78 is 11.8. The maximum Gasteiger partial charge on any atom is 0.125 e. The maximum absolute atomic E-state index is 6.40. The zero-order valence-corrected chi connectivity index (χ0v) is 19.0. The number of hydrogen-bond acceptors (Lipinski definition) is 4. The minimum Gasteiger partial charge on any atom is -0.490 e. The monoisotopic (exact) mass is 430 g/mol. The zero-order valence-electron chi connectivity index (χ0n) is 17.3. The molecule has 160 valence electrons. The van der Waals surface area contributed by atoms with E-state index in [1.165, 1.54) is 62.0 Å². The van der Waals surface area contributed by atoms with Gasteiger partial charge in [0.1, 0.15) is 5.75 Å². The second-order valence-electron chi connectivity index (χ2n) is 8.53. The van der Waals surface area contributed by atoms with Gasteiger partial charge < -0.3 is 9.47 Å². The number of hydrogen-bond donors (Lipinski definition) is 0. The molecule has 2 heterocycles. The number of benzene rings is 1. The van der Waals surface area contributed by atoms with Crippen molar-refractivity contribution in [2.45, 2.75) is 52.2 Å². The Morgan fingerprint density at radius 1 is 0.929 bits per heavy atom. The molecule has 0 atom stereocenters. The Bertz CT molecular complexity index is 588. The molecule has 4 nitrogen and oxygen atoms in total. The number of ether oxygens (including phenoxy) is 2. The third-order valence-electron chi connectivity index (χ3n) is 6.22. The van der Waals surface area contributed by atoms with Crippen LogP contribution >= 0.6 is 24.8 Å². The first-order chi connectivity index (χ1) is 12.7. The van der Waals surface area contributed by atoms with Gasteiger partial charge in [-0.15, -0.1) is 24.8 Å². The Morgan fingerprint density at radius 3 is 2.14 bits per heavy atom. The fourth-order valence-corrected chi connectivity index (χ4v) is 4.75. The molecular weight excluding hydrogens is 395 g/mol. The summed E-state index contributed by atoms with van der Waals surface area (Å²) in [6.45, 7) is 13.2. The fourth-order valence-electron chi connectivity index (χ4n) is 4.75. The molecule has 28 heavy (non-hydrogen) atoms. The van der Waals surface area contributed by atoms with E-state index in [0.717, 1.165) is 44.5 Å². The van der Waals surface area contributed by atoms with Crippen LogP contribution in [0, 0.1) is 19.8 Å². The van der Waals surface area contributed by atoms with Gasteiger partial charge in [0.2, 0.25) is 0 Å². The van der Waals surface area contributed by atoms with Crippen LogP contribution in [0.3, 0.4) is 0 Å². The lowest BCUT2D eigenvalue weighted by atomic mass is 9.81. The SMILES string of the molecule is Cc1cc(CN2CCCC2)cc(C)c1OC1CC(CN2CCOCC2)C1.Cl.Cl. The van der Waals surface area contributed by atoms with Crippen LogP contribution in [0.1, 0.15) is 42.4 Å². The summed E-state index contributed by atoms with van der Waals surface area (Å²) >= 11 is 0. The second-order valence-corrected chi connectivity index (χ2v) is 8.53. The average Bonchev–Trinajstić information content (AvgIpc) is 3.09. The molecule has 1 aromatic carbocycles. The van der Waals surface area contributed by atoms with E-state index in [4.69, 9.17) is 9.47 Å². The van der Waals surface area contributed by atoms with Crippen LogP contribution in [0.5, 0.6) is 5.75 Å². The van der Waals surface area contributed by atoms with Gasteiger partial charge in [0, 0.05) is 26.2 Å². The molecule has 1 saturated carbocycles. The normalized spacial score (nSPS) is 25.5. The topological polar surface area (TPSA) is 24.9 Å². The van der Waals surface area contributed by atoms with Crippen molar-refractivity contribution in [3.8, 4) is 5.75 Å². The Hall–Kier alpha value is -0.520. The molecular formula is C22H36Cl2N2O2. The molecule has 1 aliphatic carbocycles. The average molecular weight is 431 g/mol. The van der Waals surface area contributed by atoms with Gasteiger partial charge in [-0.2, -0.15) is 0 Å². The predicted molar refractivity (Wildman–Crippen MR) is 119 cm³/mol. The van der Waals surface area contributed by atoms with Gasteiger partial charge in [-0.05, 0) is 75.2 Å². The van der Waals surface area contributed by atoms with Crippen molar-refractivity contribution in [3.63, 3.8) is 0 Å². The first-order valence-corrected chi connectivity index (χ1v) is 10.5. The molecule has 0 aromatic heterocycles. The van der Waals surface area contributed by atoms with E-state index in [0.29, 0.717) is 6.10 Å². The van der Waals surface area contributed by atoms with Crippen LogP contribution in [0.25, 0.3) is 0 Å². The van der Waals surface area contributed by atoms with Gasteiger partial charge >= 0.3 is 0 Å². The number of halogens is 2. The second kappa shape index (κ2) is 11.0. The molecule has 1 aromatic rings. The third-order valence-corrected chi connectivity index (χ3v) is 6.22. The van der Waals surface area contributed by atoms with Crippen LogP contribution < -0.4 is 4.74 Å². The molecule has 2 saturated heterocycles. The molecule has 3 fully saturated rings.